The highest BCUT2D eigenvalue weighted by atomic mass is 15.2. The van der Waals surface area contributed by atoms with Gasteiger partial charge < -0.3 is 14.2 Å². The van der Waals surface area contributed by atoms with Crippen molar-refractivity contribution in [2.24, 2.45) is 0 Å². The monoisotopic (exact) mass is 968 g/mol. The van der Waals surface area contributed by atoms with E-state index in [1.54, 1.807) is 0 Å². The van der Waals surface area contributed by atoms with Crippen molar-refractivity contribution in [2.45, 2.75) is 180 Å². The summed E-state index contributed by atoms with van der Waals surface area (Å²) >= 11 is 0. The number of anilines is 6. The average Bonchev–Trinajstić information content (AvgIpc) is 4.04. The van der Waals surface area contributed by atoms with E-state index in [-0.39, 0.29) is 50.0 Å². The fourth-order valence-corrected chi connectivity index (χ4v) is 18.7. The van der Waals surface area contributed by atoms with E-state index in [0.717, 1.165) is 25.7 Å². The van der Waals surface area contributed by atoms with Crippen LogP contribution in [0.4, 0.5) is 34.1 Å². The molecule has 0 radical (unpaired) electrons. The quantitative estimate of drug-likeness (QED) is 0.160. The average molecular weight is 968 g/mol. The molecule has 0 amide bonds. The Morgan fingerprint density at radius 3 is 1.05 bits per heavy atom. The molecule has 0 saturated heterocycles. The fraction of sp³-hybridized carbons (Fsp3) is 0.400. The number of para-hydroxylation sites is 2. The number of hydrogen-bond donors (Lipinski definition) is 0. The van der Waals surface area contributed by atoms with Crippen LogP contribution in [0.3, 0.4) is 0 Å². The molecular formula is C70H74BN3. The van der Waals surface area contributed by atoms with Crippen LogP contribution < -0.4 is 26.2 Å². The van der Waals surface area contributed by atoms with Crippen molar-refractivity contribution in [3.05, 3.63) is 154 Å². The van der Waals surface area contributed by atoms with Crippen LogP contribution in [0.5, 0.6) is 0 Å². The minimum absolute atomic E-state index is 0.0162. The largest absolute Gasteiger partial charge is 0.311 e. The van der Waals surface area contributed by atoms with E-state index in [1.807, 2.05) is 0 Å². The number of aromatic nitrogens is 1. The molecule has 372 valence electrons. The maximum Gasteiger partial charge on any atom is 0.252 e. The molecule has 0 unspecified atom stereocenters. The zero-order valence-electron chi connectivity index (χ0n) is 47.1. The lowest BCUT2D eigenvalue weighted by Crippen LogP contribution is -2.62. The second kappa shape index (κ2) is 13.3. The Labute approximate surface area is 440 Å². The van der Waals surface area contributed by atoms with Gasteiger partial charge in [-0.15, -0.1) is 0 Å². The summed E-state index contributed by atoms with van der Waals surface area (Å²) in [7, 11) is 0. The molecule has 0 saturated carbocycles. The van der Waals surface area contributed by atoms with Crippen molar-refractivity contribution in [2.75, 3.05) is 9.80 Å². The van der Waals surface area contributed by atoms with E-state index in [0.29, 0.717) is 0 Å². The Kier molecular flexibility index (Phi) is 8.18. The van der Waals surface area contributed by atoms with E-state index in [9.17, 15) is 0 Å². The molecule has 6 aliphatic rings. The normalized spacial score (nSPS) is 21.8. The summed E-state index contributed by atoms with van der Waals surface area (Å²) < 4.78 is 2.65. The third-order valence-corrected chi connectivity index (χ3v) is 20.6. The summed E-state index contributed by atoms with van der Waals surface area (Å²) in [5, 5.41) is 5.38. The molecular weight excluding hydrogens is 894 g/mol. The van der Waals surface area contributed by atoms with Gasteiger partial charge in [-0.2, -0.15) is 0 Å². The summed E-state index contributed by atoms with van der Waals surface area (Å²) in [6.07, 6.45) is 4.50. The standard InChI is InChI=1S/C70H74BN3/c1-63(2)35-65(5,6)45-29-39(25-27-43(45)63)72-55-33-49-47(67(9,10)37-69(49,13)14)31-51(55)71-52-32-48-50(70(15,16)38-68(48,11)12)34-56(52)73(40-26-28-44-46(30-40)66(7,8)36-64(44,3)4)62-58-42-22-18-20-24-54(42)74-53-23-19-17-21-41(53)57(60(58)74)61(72)59(62)71/h17-34H,35-38H2,1-16H3. The predicted octanol–water partition coefficient (Wildman–Crippen LogP) is 16.8. The van der Waals surface area contributed by atoms with Crippen molar-refractivity contribution in [1.82, 2.24) is 4.40 Å². The lowest BCUT2D eigenvalue weighted by molar-refractivity contribution is 0.402. The van der Waals surface area contributed by atoms with Crippen molar-refractivity contribution >= 4 is 95.3 Å². The summed E-state index contributed by atoms with van der Waals surface area (Å²) in [5.41, 5.74) is 28.5. The predicted molar refractivity (Wildman–Crippen MR) is 318 cm³/mol. The highest BCUT2D eigenvalue weighted by Crippen LogP contribution is 2.60. The molecule has 2 aliphatic heterocycles. The van der Waals surface area contributed by atoms with E-state index in [1.165, 1.54) is 133 Å². The fourth-order valence-electron chi connectivity index (χ4n) is 18.7. The second-order valence-corrected chi connectivity index (χ2v) is 29.8. The molecule has 0 N–H and O–H groups in total. The molecule has 7 aromatic carbocycles. The first-order valence-corrected chi connectivity index (χ1v) is 28.1. The summed E-state index contributed by atoms with van der Waals surface area (Å²) in [4.78, 5) is 5.62. The number of nitrogens with zero attached hydrogens (tertiary/aromatic N) is 3. The van der Waals surface area contributed by atoms with Crippen LogP contribution in [0.1, 0.15) is 181 Å². The molecule has 0 spiro atoms. The maximum atomic E-state index is 2.81. The van der Waals surface area contributed by atoms with E-state index in [2.05, 4.69) is 234 Å². The Balaban J connectivity index is 1.19. The first kappa shape index (κ1) is 45.4. The van der Waals surface area contributed by atoms with Gasteiger partial charge in [-0.3, -0.25) is 0 Å². The van der Waals surface area contributed by atoms with Gasteiger partial charge in [-0.05, 0) is 178 Å². The molecule has 0 bridgehead atoms. The Morgan fingerprint density at radius 1 is 0.351 bits per heavy atom. The van der Waals surface area contributed by atoms with Gasteiger partial charge in [-0.1, -0.05) is 171 Å². The third kappa shape index (κ3) is 5.46. The van der Waals surface area contributed by atoms with Gasteiger partial charge in [0.1, 0.15) is 0 Å². The van der Waals surface area contributed by atoms with Crippen LogP contribution in [-0.4, -0.2) is 11.1 Å². The van der Waals surface area contributed by atoms with Gasteiger partial charge >= 0.3 is 0 Å². The highest BCUT2D eigenvalue weighted by molar-refractivity contribution is 7.01. The number of hydrogen-bond acceptors (Lipinski definition) is 2. The second-order valence-electron chi connectivity index (χ2n) is 29.8. The van der Waals surface area contributed by atoms with Crippen molar-refractivity contribution in [3.8, 4) is 0 Å². The lowest BCUT2D eigenvalue weighted by atomic mass is 9.32. The van der Waals surface area contributed by atoms with Crippen LogP contribution >= 0.6 is 0 Å². The number of rotatable bonds is 2. The Bertz CT molecular complexity index is 3800. The highest BCUT2D eigenvalue weighted by Gasteiger charge is 2.53. The topological polar surface area (TPSA) is 10.9 Å². The third-order valence-electron chi connectivity index (χ3n) is 20.6. The summed E-state index contributed by atoms with van der Waals surface area (Å²) in [6.45, 7) is 39.8. The maximum absolute atomic E-state index is 2.81. The van der Waals surface area contributed by atoms with Gasteiger partial charge in [0.05, 0.1) is 27.9 Å². The minimum atomic E-state index is -0.0164. The molecule has 4 aliphatic carbocycles. The van der Waals surface area contributed by atoms with Gasteiger partial charge in [-0.25, -0.2) is 0 Å². The molecule has 4 heteroatoms. The van der Waals surface area contributed by atoms with Crippen LogP contribution in [0.2, 0.25) is 0 Å². The van der Waals surface area contributed by atoms with Gasteiger partial charge in [0.15, 0.2) is 0 Å². The van der Waals surface area contributed by atoms with Gasteiger partial charge in [0.2, 0.25) is 0 Å². The van der Waals surface area contributed by atoms with Crippen molar-refractivity contribution in [1.29, 1.82) is 0 Å². The van der Waals surface area contributed by atoms with Crippen LogP contribution in [0, 0.1) is 0 Å². The molecule has 15 rings (SSSR count). The molecule has 4 heterocycles. The van der Waals surface area contributed by atoms with E-state index >= 15 is 0 Å². The Hall–Kier alpha value is -6.00. The summed E-state index contributed by atoms with van der Waals surface area (Å²) in [6, 6.07) is 44.9. The molecule has 74 heavy (non-hydrogen) atoms. The minimum Gasteiger partial charge on any atom is -0.311 e. The molecule has 2 aromatic heterocycles. The van der Waals surface area contributed by atoms with Crippen molar-refractivity contribution in [3.63, 3.8) is 0 Å². The van der Waals surface area contributed by atoms with Crippen LogP contribution in [-0.2, 0) is 43.3 Å². The molecule has 9 aromatic rings. The van der Waals surface area contributed by atoms with Gasteiger partial charge in [0, 0.05) is 44.3 Å². The van der Waals surface area contributed by atoms with Gasteiger partial charge in [0.25, 0.3) is 6.71 Å². The molecule has 0 atom stereocenters. The zero-order chi connectivity index (χ0) is 51.7. The first-order valence-electron chi connectivity index (χ1n) is 28.1. The summed E-state index contributed by atoms with van der Waals surface area (Å²) in [5.74, 6) is 0. The van der Waals surface area contributed by atoms with E-state index in [4.69, 9.17) is 0 Å². The zero-order valence-corrected chi connectivity index (χ0v) is 47.1. The SMILES string of the molecule is CC1(C)CC(C)(C)c2cc(N3c4cc5c(cc4B4c6cc7c(cc6N(c6ccc8c(c6)C(C)(C)CC8(C)C)c6c4c3c3c4ccccc4n4c8ccccc8c6c34)C(C)(C)CC7(C)C)C(C)(C)CC5(C)C)ccc21. The Morgan fingerprint density at radius 2 is 0.676 bits per heavy atom. The van der Waals surface area contributed by atoms with Crippen LogP contribution in [0.15, 0.2) is 109 Å². The first-order chi connectivity index (χ1) is 34.6. The number of fused-ring (bicyclic) bond motifs is 16. The molecule has 0 fully saturated rings. The molecule has 3 nitrogen and oxygen atoms in total. The smallest absolute Gasteiger partial charge is 0.252 e. The van der Waals surface area contributed by atoms with Crippen LogP contribution in [0.25, 0.3) is 38.1 Å². The van der Waals surface area contributed by atoms with E-state index < -0.39 is 0 Å². The number of benzene rings is 7. The van der Waals surface area contributed by atoms with Crippen molar-refractivity contribution < 1.29 is 0 Å². The lowest BCUT2D eigenvalue weighted by Gasteiger charge is -2.46.